The number of hydrogen-bond acceptors (Lipinski definition) is 5. The van der Waals surface area contributed by atoms with E-state index in [1.54, 1.807) is 11.3 Å². The topological polar surface area (TPSA) is 38.9 Å². The summed E-state index contributed by atoms with van der Waals surface area (Å²) in [5, 5.41) is 4.08. The molecule has 0 radical (unpaired) electrons. The fraction of sp³-hybridized carbons (Fsp3) is 0.667. The van der Waals surface area contributed by atoms with Gasteiger partial charge in [0.25, 0.3) is 0 Å². The largest absolute Gasteiger partial charge is 0.330 e. The van der Waals surface area contributed by atoms with E-state index in [-0.39, 0.29) is 0 Å². The summed E-state index contributed by atoms with van der Waals surface area (Å²) in [4.78, 5) is 4.63. The molecule has 14 heavy (non-hydrogen) atoms. The molecule has 5 heteroatoms. The third-order valence-electron chi connectivity index (χ3n) is 2.06. The summed E-state index contributed by atoms with van der Waals surface area (Å²) in [5.74, 6) is 3.78. The third-order valence-corrected chi connectivity index (χ3v) is 5.98. The molecule has 0 amide bonds. The first-order valence-corrected chi connectivity index (χ1v) is 7.82. The molecule has 0 saturated carbocycles. The molecule has 2 heterocycles. The van der Waals surface area contributed by atoms with E-state index in [1.165, 1.54) is 28.0 Å². The van der Waals surface area contributed by atoms with Gasteiger partial charge in [-0.05, 0) is 6.54 Å². The lowest BCUT2D eigenvalue weighted by Crippen LogP contribution is -2.07. The minimum Gasteiger partial charge on any atom is -0.330 e. The Morgan fingerprint density at radius 1 is 1.50 bits per heavy atom. The minimum absolute atomic E-state index is 0.630. The molecule has 1 aromatic rings. The molecule has 2 nitrogen and oxygen atoms in total. The van der Waals surface area contributed by atoms with Gasteiger partial charge in [-0.25, -0.2) is 4.98 Å². The lowest BCUT2D eigenvalue weighted by molar-refractivity contribution is 0.916. The average molecular weight is 246 g/mol. The SMILES string of the molecule is NCCc1csc(C2CSCCS2)n1. The molecule has 1 aliphatic heterocycles. The monoisotopic (exact) mass is 246 g/mol. The quantitative estimate of drug-likeness (QED) is 0.887. The number of nitrogens with two attached hydrogens (primary N) is 1. The lowest BCUT2D eigenvalue weighted by Gasteiger charge is -2.18. The average Bonchev–Trinajstić information content (AvgIpc) is 2.68. The van der Waals surface area contributed by atoms with Crippen molar-refractivity contribution in [2.24, 2.45) is 5.73 Å². The van der Waals surface area contributed by atoms with Gasteiger partial charge in [0.1, 0.15) is 5.01 Å². The summed E-state index contributed by atoms with van der Waals surface area (Å²) in [7, 11) is 0. The Labute approximate surface area is 97.1 Å². The zero-order valence-corrected chi connectivity index (χ0v) is 10.4. The third kappa shape index (κ3) is 2.66. The highest BCUT2D eigenvalue weighted by atomic mass is 32.2. The van der Waals surface area contributed by atoms with Gasteiger partial charge in [0.05, 0.1) is 10.9 Å². The van der Waals surface area contributed by atoms with Crippen LogP contribution in [0.25, 0.3) is 0 Å². The maximum absolute atomic E-state index is 5.50. The first kappa shape index (κ1) is 10.8. The van der Waals surface area contributed by atoms with Crippen LogP contribution >= 0.6 is 34.9 Å². The fourth-order valence-electron chi connectivity index (χ4n) is 1.36. The molecule has 1 atom stereocenters. The lowest BCUT2D eigenvalue weighted by atomic mass is 10.3. The Bertz CT molecular complexity index is 281. The van der Waals surface area contributed by atoms with Crippen LogP contribution < -0.4 is 5.73 Å². The second-order valence-electron chi connectivity index (χ2n) is 3.15. The van der Waals surface area contributed by atoms with E-state index in [2.05, 4.69) is 10.4 Å². The van der Waals surface area contributed by atoms with E-state index in [9.17, 15) is 0 Å². The summed E-state index contributed by atoms with van der Waals surface area (Å²) >= 11 is 5.88. The second kappa shape index (κ2) is 5.39. The second-order valence-corrected chi connectivity index (χ2v) is 6.50. The van der Waals surface area contributed by atoms with Crippen molar-refractivity contribution in [2.45, 2.75) is 11.7 Å². The van der Waals surface area contributed by atoms with Gasteiger partial charge < -0.3 is 5.73 Å². The van der Waals surface area contributed by atoms with Crippen LogP contribution in [0.1, 0.15) is 16.0 Å². The highest BCUT2D eigenvalue weighted by Crippen LogP contribution is 2.37. The molecule has 0 spiro atoms. The van der Waals surface area contributed by atoms with Crippen molar-refractivity contribution in [1.29, 1.82) is 0 Å². The number of aromatic nitrogens is 1. The first-order valence-electron chi connectivity index (χ1n) is 4.74. The molecule has 0 aliphatic carbocycles. The van der Waals surface area contributed by atoms with Crippen molar-refractivity contribution < 1.29 is 0 Å². The van der Waals surface area contributed by atoms with E-state index in [0.29, 0.717) is 11.8 Å². The van der Waals surface area contributed by atoms with Crippen LogP contribution in [-0.2, 0) is 6.42 Å². The van der Waals surface area contributed by atoms with E-state index in [1.807, 2.05) is 23.5 Å². The molecule has 78 valence electrons. The van der Waals surface area contributed by atoms with Crippen LogP contribution in [0.3, 0.4) is 0 Å². The number of hydrogen-bond donors (Lipinski definition) is 1. The van der Waals surface area contributed by atoms with Gasteiger partial charge in [-0.2, -0.15) is 11.8 Å². The normalized spacial score (nSPS) is 22.5. The number of rotatable bonds is 3. The van der Waals surface area contributed by atoms with Crippen LogP contribution in [0, 0.1) is 0 Å². The first-order chi connectivity index (χ1) is 6.90. The Morgan fingerprint density at radius 2 is 2.43 bits per heavy atom. The van der Waals surface area contributed by atoms with Crippen LogP contribution in [0.5, 0.6) is 0 Å². The van der Waals surface area contributed by atoms with Gasteiger partial charge in [-0.1, -0.05) is 0 Å². The van der Waals surface area contributed by atoms with Crippen molar-refractivity contribution in [1.82, 2.24) is 4.98 Å². The Morgan fingerprint density at radius 3 is 3.14 bits per heavy atom. The van der Waals surface area contributed by atoms with Crippen molar-refractivity contribution >= 4 is 34.9 Å². The molecule has 1 unspecified atom stereocenters. The molecule has 1 aliphatic rings. The van der Waals surface area contributed by atoms with Gasteiger partial charge in [0.2, 0.25) is 0 Å². The maximum Gasteiger partial charge on any atom is 0.107 e. The fourth-order valence-corrected chi connectivity index (χ4v) is 5.22. The van der Waals surface area contributed by atoms with Crippen molar-refractivity contribution in [3.8, 4) is 0 Å². The van der Waals surface area contributed by atoms with Gasteiger partial charge >= 0.3 is 0 Å². The molecule has 0 aromatic carbocycles. The van der Waals surface area contributed by atoms with Crippen LogP contribution in [0.15, 0.2) is 5.38 Å². The summed E-state index contributed by atoms with van der Waals surface area (Å²) < 4.78 is 0. The van der Waals surface area contributed by atoms with Gasteiger partial charge in [0.15, 0.2) is 0 Å². The van der Waals surface area contributed by atoms with E-state index in [4.69, 9.17) is 5.73 Å². The maximum atomic E-state index is 5.50. The Hall–Kier alpha value is 0.290. The molecule has 1 fully saturated rings. The predicted molar refractivity (Wildman–Crippen MR) is 67.4 cm³/mol. The highest BCUT2D eigenvalue weighted by molar-refractivity contribution is 8.06. The standard InChI is InChI=1S/C9H14N2S3/c10-2-1-7-5-14-9(11-7)8-6-12-3-4-13-8/h5,8H,1-4,6,10H2. The van der Waals surface area contributed by atoms with E-state index >= 15 is 0 Å². The molecule has 0 bridgehead atoms. The summed E-state index contributed by atoms with van der Waals surface area (Å²) in [6.07, 6.45) is 0.918. The van der Waals surface area contributed by atoms with Crippen molar-refractivity contribution in [3.63, 3.8) is 0 Å². The van der Waals surface area contributed by atoms with Gasteiger partial charge in [-0.3, -0.25) is 0 Å². The molecule has 1 saturated heterocycles. The molecule has 2 N–H and O–H groups in total. The van der Waals surface area contributed by atoms with Gasteiger partial charge in [0, 0.05) is 29.1 Å². The Balaban J connectivity index is 2.00. The zero-order valence-electron chi connectivity index (χ0n) is 7.94. The van der Waals surface area contributed by atoms with Crippen LogP contribution in [0.4, 0.5) is 0 Å². The van der Waals surface area contributed by atoms with Crippen LogP contribution in [-0.4, -0.2) is 28.8 Å². The molecule has 1 aromatic heterocycles. The summed E-state index contributed by atoms with van der Waals surface area (Å²) in [6, 6.07) is 0. The van der Waals surface area contributed by atoms with Crippen LogP contribution in [0.2, 0.25) is 0 Å². The summed E-state index contributed by atoms with van der Waals surface area (Å²) in [6.45, 7) is 0.704. The highest BCUT2D eigenvalue weighted by Gasteiger charge is 2.19. The summed E-state index contributed by atoms with van der Waals surface area (Å²) in [5.41, 5.74) is 6.67. The number of thiazole rings is 1. The number of nitrogens with zero attached hydrogens (tertiary/aromatic N) is 1. The van der Waals surface area contributed by atoms with E-state index in [0.717, 1.165) is 6.42 Å². The molecular formula is C9H14N2S3. The van der Waals surface area contributed by atoms with Gasteiger partial charge in [-0.15, -0.1) is 23.1 Å². The van der Waals surface area contributed by atoms with Crippen molar-refractivity contribution in [3.05, 3.63) is 16.1 Å². The van der Waals surface area contributed by atoms with E-state index < -0.39 is 0 Å². The zero-order chi connectivity index (χ0) is 9.80. The molecular weight excluding hydrogens is 232 g/mol. The molecule has 2 rings (SSSR count). The minimum atomic E-state index is 0.630. The number of thioether (sulfide) groups is 2. The van der Waals surface area contributed by atoms with Crippen molar-refractivity contribution in [2.75, 3.05) is 23.8 Å². The predicted octanol–water partition coefficient (Wildman–Crippen LogP) is 2.17. The smallest absolute Gasteiger partial charge is 0.107 e. The Kier molecular flexibility index (Phi) is 4.16.